The molecular formula is C25H27F2N5O4S. The number of ether oxygens (including phenoxy) is 1. The number of ketones is 1. The third-order valence-corrected chi connectivity index (χ3v) is 8.92. The predicted molar refractivity (Wildman–Crippen MR) is 130 cm³/mol. The summed E-state index contributed by atoms with van der Waals surface area (Å²) in [5.41, 5.74) is 1.53. The highest BCUT2D eigenvalue weighted by molar-refractivity contribution is 7.89. The Morgan fingerprint density at radius 3 is 2.62 bits per heavy atom. The van der Waals surface area contributed by atoms with Gasteiger partial charge in [0.2, 0.25) is 10.0 Å². The fraction of sp³-hybridized carbons (Fsp3) is 0.400. The van der Waals surface area contributed by atoms with E-state index in [1.807, 2.05) is 0 Å². The largest absolute Gasteiger partial charge is 0.381 e. The van der Waals surface area contributed by atoms with Crippen LogP contribution in [0.5, 0.6) is 0 Å². The van der Waals surface area contributed by atoms with E-state index in [0.717, 1.165) is 29.3 Å². The molecule has 37 heavy (non-hydrogen) atoms. The second-order valence-corrected chi connectivity index (χ2v) is 11.6. The average molecular weight is 532 g/mol. The van der Waals surface area contributed by atoms with Gasteiger partial charge in [0.05, 0.1) is 34.4 Å². The summed E-state index contributed by atoms with van der Waals surface area (Å²) in [4.78, 5) is 17.0. The number of carbonyl (C=O) groups is 1. The van der Waals surface area contributed by atoms with Crippen LogP contribution in [0, 0.1) is 11.6 Å². The van der Waals surface area contributed by atoms with Crippen LogP contribution in [0.4, 0.5) is 14.5 Å². The van der Waals surface area contributed by atoms with E-state index in [2.05, 4.69) is 20.5 Å². The molecule has 4 heterocycles. The summed E-state index contributed by atoms with van der Waals surface area (Å²) in [6.45, 7) is 4.54. The number of nitrogens with one attached hydrogen (secondary N) is 2. The highest BCUT2D eigenvalue weighted by atomic mass is 32.2. The van der Waals surface area contributed by atoms with Crippen molar-refractivity contribution in [1.29, 1.82) is 0 Å². The van der Waals surface area contributed by atoms with Crippen molar-refractivity contribution >= 4 is 21.5 Å². The molecule has 196 valence electrons. The Morgan fingerprint density at radius 1 is 1.22 bits per heavy atom. The van der Waals surface area contributed by atoms with Gasteiger partial charge in [-0.1, -0.05) is 0 Å². The maximum atomic E-state index is 13.8. The quantitative estimate of drug-likeness (QED) is 0.448. The van der Waals surface area contributed by atoms with Gasteiger partial charge < -0.3 is 10.1 Å². The summed E-state index contributed by atoms with van der Waals surface area (Å²) in [6.07, 6.45) is 4.79. The molecule has 0 amide bonds. The van der Waals surface area contributed by atoms with E-state index in [0.29, 0.717) is 47.5 Å². The first-order valence-corrected chi connectivity index (χ1v) is 13.4. The Hall–Kier alpha value is -3.22. The summed E-state index contributed by atoms with van der Waals surface area (Å²) < 4.78 is 60.9. The topological polar surface area (TPSA) is 117 Å². The minimum atomic E-state index is -4.26. The number of carbonyl (C=O) groups excluding carboxylic acids is 1. The molecule has 3 aromatic rings. The fourth-order valence-corrected chi connectivity index (χ4v) is 6.71. The van der Waals surface area contributed by atoms with Crippen molar-refractivity contribution < 1.29 is 26.7 Å². The van der Waals surface area contributed by atoms with Gasteiger partial charge in [-0.3, -0.25) is 14.9 Å². The lowest BCUT2D eigenvalue weighted by molar-refractivity contribution is 0.0904. The summed E-state index contributed by atoms with van der Waals surface area (Å²) in [7, 11) is -4.26. The number of anilines is 1. The molecule has 2 aliphatic rings. The number of aromatic nitrogens is 3. The number of sulfonamides is 1. The lowest BCUT2D eigenvalue weighted by atomic mass is 9.99. The van der Waals surface area contributed by atoms with Gasteiger partial charge in [-0.2, -0.15) is 9.40 Å². The monoisotopic (exact) mass is 531 g/mol. The van der Waals surface area contributed by atoms with Crippen LogP contribution in [0.1, 0.15) is 54.0 Å². The lowest BCUT2D eigenvalue weighted by Gasteiger charge is -2.30. The molecule has 2 aromatic heterocycles. The van der Waals surface area contributed by atoms with Crippen LogP contribution in [0.2, 0.25) is 0 Å². The first kappa shape index (κ1) is 25.4. The van der Waals surface area contributed by atoms with Crippen molar-refractivity contribution in [1.82, 2.24) is 19.5 Å². The molecule has 0 bridgehead atoms. The number of aromatic amines is 1. The van der Waals surface area contributed by atoms with Crippen LogP contribution < -0.4 is 5.32 Å². The van der Waals surface area contributed by atoms with E-state index in [1.54, 1.807) is 32.3 Å². The fourth-order valence-electron chi connectivity index (χ4n) is 4.94. The van der Waals surface area contributed by atoms with Crippen LogP contribution in [0.15, 0.2) is 41.6 Å². The first-order valence-electron chi connectivity index (χ1n) is 11.9. The third kappa shape index (κ3) is 4.76. The molecule has 0 saturated carbocycles. The molecule has 2 aliphatic heterocycles. The van der Waals surface area contributed by atoms with E-state index in [-0.39, 0.29) is 24.8 Å². The number of pyridine rings is 1. The molecule has 0 spiro atoms. The highest BCUT2D eigenvalue weighted by Crippen LogP contribution is 2.42. The zero-order valence-corrected chi connectivity index (χ0v) is 21.2. The van der Waals surface area contributed by atoms with Gasteiger partial charge in [-0.15, -0.1) is 0 Å². The molecule has 1 aromatic carbocycles. The molecule has 1 saturated heterocycles. The number of halogens is 2. The Kier molecular flexibility index (Phi) is 6.59. The standard InChI is InChI=1S/C25H27F2N5O4S/c1-25(2)24-20(14-32(25)37(34,35)18-10-15(26)9-16(27)11-18)21(30-31-24)12-23(33)19-3-6-28-13-22(19)29-17-4-7-36-8-5-17/h3,6,9-11,13,17,29H,4-5,7-8,12,14H2,1-2H3,(H,30,31). The maximum Gasteiger partial charge on any atom is 0.244 e. The molecule has 5 rings (SSSR count). The number of fused-ring (bicyclic) bond motifs is 1. The van der Waals surface area contributed by atoms with Crippen LogP contribution in [-0.2, 0) is 33.3 Å². The summed E-state index contributed by atoms with van der Waals surface area (Å²) in [5, 5.41) is 10.6. The normalized spacial score (nSPS) is 18.1. The van der Waals surface area contributed by atoms with Crippen LogP contribution >= 0.6 is 0 Å². The van der Waals surface area contributed by atoms with Crippen molar-refractivity contribution in [2.75, 3.05) is 18.5 Å². The molecule has 9 nitrogen and oxygen atoms in total. The van der Waals surface area contributed by atoms with E-state index >= 15 is 0 Å². The minimum Gasteiger partial charge on any atom is -0.381 e. The van der Waals surface area contributed by atoms with Gasteiger partial charge in [-0.05, 0) is 44.9 Å². The SMILES string of the molecule is CC1(C)c2n[nH]c(CC(=O)c3ccncc3NC3CCOCC3)c2CN1S(=O)(=O)c1cc(F)cc(F)c1. The number of rotatable bonds is 7. The summed E-state index contributed by atoms with van der Waals surface area (Å²) in [5.74, 6) is -2.15. The van der Waals surface area contributed by atoms with Gasteiger partial charge in [-0.25, -0.2) is 17.2 Å². The van der Waals surface area contributed by atoms with E-state index in [9.17, 15) is 22.0 Å². The van der Waals surface area contributed by atoms with E-state index < -0.39 is 32.1 Å². The zero-order valence-electron chi connectivity index (χ0n) is 20.4. The Morgan fingerprint density at radius 2 is 1.92 bits per heavy atom. The third-order valence-electron chi connectivity index (χ3n) is 6.92. The lowest BCUT2D eigenvalue weighted by Crippen LogP contribution is -2.40. The first-order chi connectivity index (χ1) is 17.6. The number of hydrogen-bond donors (Lipinski definition) is 2. The second kappa shape index (κ2) is 9.58. The number of Topliss-reactive ketones (excluding diaryl/α,β-unsaturated/α-hetero) is 1. The molecule has 0 atom stereocenters. The Labute approximate surface area is 213 Å². The Balaban J connectivity index is 1.40. The molecule has 2 N–H and O–H groups in total. The van der Waals surface area contributed by atoms with E-state index in [1.165, 1.54) is 0 Å². The number of hydrogen-bond acceptors (Lipinski definition) is 7. The number of benzene rings is 1. The Bertz CT molecular complexity index is 1430. The van der Waals surface area contributed by atoms with Crippen molar-refractivity contribution in [2.45, 2.75) is 56.1 Å². The van der Waals surface area contributed by atoms with Crippen molar-refractivity contribution in [3.05, 3.63) is 70.8 Å². The minimum absolute atomic E-state index is 0.0344. The van der Waals surface area contributed by atoms with Gasteiger partial charge in [0, 0.05) is 54.9 Å². The summed E-state index contributed by atoms with van der Waals surface area (Å²) >= 11 is 0. The average Bonchev–Trinajstić information content (AvgIpc) is 3.37. The van der Waals surface area contributed by atoms with Crippen LogP contribution in [0.3, 0.4) is 0 Å². The predicted octanol–water partition coefficient (Wildman–Crippen LogP) is 3.54. The molecule has 0 aliphatic carbocycles. The number of H-pyrrole nitrogens is 1. The number of nitrogens with zero attached hydrogens (tertiary/aromatic N) is 3. The van der Waals surface area contributed by atoms with Gasteiger partial charge >= 0.3 is 0 Å². The molecule has 1 fully saturated rings. The second-order valence-electron chi connectivity index (χ2n) is 9.76. The molecular weight excluding hydrogens is 504 g/mol. The van der Waals surface area contributed by atoms with E-state index in [4.69, 9.17) is 4.74 Å². The molecule has 0 radical (unpaired) electrons. The summed E-state index contributed by atoms with van der Waals surface area (Å²) in [6, 6.07) is 4.02. The van der Waals surface area contributed by atoms with Crippen LogP contribution in [0.25, 0.3) is 0 Å². The highest BCUT2D eigenvalue weighted by Gasteiger charge is 2.48. The zero-order chi connectivity index (χ0) is 26.4. The van der Waals surface area contributed by atoms with Gasteiger partial charge in [0.25, 0.3) is 0 Å². The van der Waals surface area contributed by atoms with Crippen molar-refractivity contribution in [2.24, 2.45) is 0 Å². The molecule has 12 heteroatoms. The van der Waals surface area contributed by atoms with Crippen molar-refractivity contribution in [3.63, 3.8) is 0 Å². The smallest absolute Gasteiger partial charge is 0.244 e. The van der Waals surface area contributed by atoms with Crippen molar-refractivity contribution in [3.8, 4) is 0 Å². The molecule has 0 unspecified atom stereocenters. The maximum absolute atomic E-state index is 13.8. The van der Waals surface area contributed by atoms with Crippen LogP contribution in [-0.4, -0.2) is 52.9 Å². The van der Waals surface area contributed by atoms with Gasteiger partial charge in [0.15, 0.2) is 5.78 Å². The van der Waals surface area contributed by atoms with Gasteiger partial charge in [0.1, 0.15) is 11.6 Å².